The second kappa shape index (κ2) is 7.88. The van der Waals surface area contributed by atoms with E-state index in [4.69, 9.17) is 5.11 Å². The van der Waals surface area contributed by atoms with Gasteiger partial charge in [-0.15, -0.1) is 0 Å². The Labute approximate surface area is 159 Å². The van der Waals surface area contributed by atoms with Crippen LogP contribution in [0.3, 0.4) is 0 Å². The molecule has 1 saturated carbocycles. The van der Waals surface area contributed by atoms with Crippen LogP contribution in [-0.4, -0.2) is 55.8 Å². The van der Waals surface area contributed by atoms with Crippen molar-refractivity contribution in [3.63, 3.8) is 0 Å². The SMILES string of the molecule is CS(=O)(=O)c1ccc2c(c1)CCN(C(=O)NC1CCC(C(=O)O)CC1)CC2. The average molecular weight is 394 g/mol. The first-order valence-electron chi connectivity index (χ1n) is 9.34. The molecule has 0 radical (unpaired) electrons. The Kier molecular flexibility index (Phi) is 5.74. The van der Waals surface area contributed by atoms with Gasteiger partial charge in [0.25, 0.3) is 0 Å². The molecular weight excluding hydrogens is 368 g/mol. The normalized spacial score (nSPS) is 23.2. The highest BCUT2D eigenvalue weighted by Crippen LogP contribution is 2.25. The summed E-state index contributed by atoms with van der Waals surface area (Å²) in [6.07, 6.45) is 5.09. The third kappa shape index (κ3) is 4.80. The Hall–Kier alpha value is -2.09. The highest BCUT2D eigenvalue weighted by molar-refractivity contribution is 7.90. The summed E-state index contributed by atoms with van der Waals surface area (Å²) in [5, 5.41) is 12.1. The molecule has 2 aliphatic rings. The van der Waals surface area contributed by atoms with E-state index in [9.17, 15) is 18.0 Å². The smallest absolute Gasteiger partial charge is 0.317 e. The molecule has 1 fully saturated rings. The predicted octanol–water partition coefficient (Wildman–Crippen LogP) is 1.84. The Balaban J connectivity index is 1.58. The molecule has 3 rings (SSSR count). The summed E-state index contributed by atoms with van der Waals surface area (Å²) >= 11 is 0. The average Bonchev–Trinajstić information content (AvgIpc) is 2.83. The van der Waals surface area contributed by atoms with Gasteiger partial charge in [0.2, 0.25) is 0 Å². The third-order valence-electron chi connectivity index (χ3n) is 5.60. The lowest BCUT2D eigenvalue weighted by atomic mass is 9.86. The number of urea groups is 1. The van der Waals surface area contributed by atoms with Crippen molar-refractivity contribution < 1.29 is 23.1 Å². The minimum atomic E-state index is -3.24. The molecule has 148 valence electrons. The standard InChI is InChI=1S/C19H26N2O5S/c1-27(25,26)17-7-4-13-8-10-21(11-9-15(13)12-17)19(24)20-16-5-2-14(3-6-16)18(22)23/h4,7,12,14,16H,2-3,5-6,8-11H2,1H3,(H,20,24)(H,22,23). The molecule has 2 N–H and O–H groups in total. The van der Waals surface area contributed by atoms with Crippen LogP contribution in [0.1, 0.15) is 36.8 Å². The molecular formula is C19H26N2O5S. The van der Waals surface area contributed by atoms with E-state index in [-0.39, 0.29) is 18.0 Å². The van der Waals surface area contributed by atoms with Gasteiger partial charge in [0, 0.05) is 25.4 Å². The van der Waals surface area contributed by atoms with E-state index in [2.05, 4.69) is 5.32 Å². The Morgan fingerprint density at radius 2 is 1.70 bits per heavy atom. The van der Waals surface area contributed by atoms with E-state index in [1.165, 1.54) is 6.26 Å². The first-order valence-corrected chi connectivity index (χ1v) is 11.2. The minimum Gasteiger partial charge on any atom is -0.481 e. The molecule has 1 heterocycles. The summed E-state index contributed by atoms with van der Waals surface area (Å²) in [5.41, 5.74) is 2.06. The van der Waals surface area contributed by atoms with E-state index in [1.807, 2.05) is 6.07 Å². The fourth-order valence-electron chi connectivity index (χ4n) is 3.89. The lowest BCUT2D eigenvalue weighted by Gasteiger charge is -2.29. The largest absolute Gasteiger partial charge is 0.481 e. The monoisotopic (exact) mass is 394 g/mol. The van der Waals surface area contributed by atoms with E-state index in [1.54, 1.807) is 17.0 Å². The number of hydrogen-bond acceptors (Lipinski definition) is 4. The number of nitrogens with zero attached hydrogens (tertiary/aromatic N) is 1. The number of carbonyl (C=O) groups is 2. The molecule has 1 aliphatic carbocycles. The zero-order chi connectivity index (χ0) is 19.6. The molecule has 0 atom stereocenters. The number of amides is 2. The van der Waals surface area contributed by atoms with Crippen molar-refractivity contribution in [2.24, 2.45) is 5.92 Å². The highest BCUT2D eigenvalue weighted by Gasteiger charge is 2.28. The van der Waals surface area contributed by atoms with Crippen LogP contribution in [0.25, 0.3) is 0 Å². The van der Waals surface area contributed by atoms with Crippen molar-refractivity contribution in [1.29, 1.82) is 0 Å². The van der Waals surface area contributed by atoms with E-state index in [0.29, 0.717) is 56.5 Å². The first kappa shape index (κ1) is 19.7. The molecule has 1 aliphatic heterocycles. The Morgan fingerprint density at radius 1 is 1.07 bits per heavy atom. The molecule has 0 aromatic heterocycles. The Bertz CT molecular complexity index is 829. The summed E-state index contributed by atoms with van der Waals surface area (Å²) in [6, 6.07) is 5.10. The van der Waals surface area contributed by atoms with Crippen LogP contribution in [0.5, 0.6) is 0 Å². The second-order valence-electron chi connectivity index (χ2n) is 7.53. The van der Waals surface area contributed by atoms with Gasteiger partial charge in [-0.3, -0.25) is 4.79 Å². The van der Waals surface area contributed by atoms with Crippen molar-refractivity contribution in [2.45, 2.75) is 49.5 Å². The summed E-state index contributed by atoms with van der Waals surface area (Å²) in [6.45, 7) is 1.12. The fraction of sp³-hybridized carbons (Fsp3) is 0.579. The van der Waals surface area contributed by atoms with Gasteiger partial charge in [-0.1, -0.05) is 6.07 Å². The van der Waals surface area contributed by atoms with Gasteiger partial charge >= 0.3 is 12.0 Å². The van der Waals surface area contributed by atoms with Gasteiger partial charge in [0.15, 0.2) is 9.84 Å². The highest BCUT2D eigenvalue weighted by atomic mass is 32.2. The predicted molar refractivity (Wildman–Crippen MR) is 100 cm³/mol. The summed E-state index contributed by atoms with van der Waals surface area (Å²) in [5.74, 6) is -1.05. The molecule has 0 spiro atoms. The molecule has 0 saturated heterocycles. The van der Waals surface area contributed by atoms with Crippen LogP contribution in [0, 0.1) is 5.92 Å². The van der Waals surface area contributed by atoms with Crippen LogP contribution >= 0.6 is 0 Å². The minimum absolute atomic E-state index is 0.0237. The van der Waals surface area contributed by atoms with Gasteiger partial charge in [-0.25, -0.2) is 13.2 Å². The summed E-state index contributed by atoms with van der Waals surface area (Å²) in [7, 11) is -3.24. The van der Waals surface area contributed by atoms with Crippen LogP contribution < -0.4 is 5.32 Å². The lowest BCUT2D eigenvalue weighted by molar-refractivity contribution is -0.142. The van der Waals surface area contributed by atoms with Crippen LogP contribution in [0.15, 0.2) is 23.1 Å². The number of nitrogens with one attached hydrogen (secondary N) is 1. The molecule has 0 bridgehead atoms. The maximum Gasteiger partial charge on any atom is 0.317 e. The number of fused-ring (bicyclic) bond motifs is 1. The van der Waals surface area contributed by atoms with Gasteiger partial charge in [0.05, 0.1) is 10.8 Å². The Morgan fingerprint density at radius 3 is 2.30 bits per heavy atom. The number of carbonyl (C=O) groups excluding carboxylic acids is 1. The van der Waals surface area contributed by atoms with Crippen molar-refractivity contribution in [1.82, 2.24) is 10.2 Å². The number of aliphatic carboxylic acids is 1. The molecule has 2 amide bonds. The quantitative estimate of drug-likeness (QED) is 0.814. The van der Waals surface area contributed by atoms with E-state index < -0.39 is 15.8 Å². The van der Waals surface area contributed by atoms with Crippen LogP contribution in [0.2, 0.25) is 0 Å². The van der Waals surface area contributed by atoms with Crippen molar-refractivity contribution in [3.05, 3.63) is 29.3 Å². The molecule has 7 nitrogen and oxygen atoms in total. The number of carboxylic acid groups (broad SMARTS) is 1. The van der Waals surface area contributed by atoms with Gasteiger partial charge < -0.3 is 15.3 Å². The second-order valence-corrected chi connectivity index (χ2v) is 9.54. The van der Waals surface area contributed by atoms with Gasteiger partial charge in [-0.05, 0) is 61.8 Å². The number of sulfone groups is 1. The number of hydrogen-bond donors (Lipinski definition) is 2. The van der Waals surface area contributed by atoms with E-state index >= 15 is 0 Å². The maximum atomic E-state index is 12.6. The van der Waals surface area contributed by atoms with Gasteiger partial charge in [-0.2, -0.15) is 0 Å². The molecule has 1 aromatic carbocycles. The number of carboxylic acids is 1. The maximum absolute atomic E-state index is 12.6. The molecule has 1 aromatic rings. The van der Waals surface area contributed by atoms with Crippen LogP contribution in [0.4, 0.5) is 4.79 Å². The molecule has 27 heavy (non-hydrogen) atoms. The first-order chi connectivity index (χ1) is 12.7. The summed E-state index contributed by atoms with van der Waals surface area (Å²) < 4.78 is 23.5. The third-order valence-corrected chi connectivity index (χ3v) is 6.71. The van der Waals surface area contributed by atoms with Crippen molar-refractivity contribution >= 4 is 21.8 Å². The van der Waals surface area contributed by atoms with Crippen molar-refractivity contribution in [2.75, 3.05) is 19.3 Å². The lowest BCUT2D eigenvalue weighted by Crippen LogP contribution is -2.47. The zero-order valence-electron chi connectivity index (χ0n) is 15.5. The molecule has 8 heteroatoms. The van der Waals surface area contributed by atoms with E-state index in [0.717, 1.165) is 11.1 Å². The van der Waals surface area contributed by atoms with Gasteiger partial charge in [0.1, 0.15) is 0 Å². The van der Waals surface area contributed by atoms with Crippen LogP contribution in [-0.2, 0) is 27.5 Å². The number of benzene rings is 1. The van der Waals surface area contributed by atoms with Crippen molar-refractivity contribution in [3.8, 4) is 0 Å². The summed E-state index contributed by atoms with van der Waals surface area (Å²) in [4.78, 5) is 25.7. The number of rotatable bonds is 3. The zero-order valence-corrected chi connectivity index (χ0v) is 16.3. The topological polar surface area (TPSA) is 104 Å². The molecule has 0 unspecified atom stereocenters. The fourth-order valence-corrected chi connectivity index (χ4v) is 4.56.